The average Bonchev–Trinajstić information content (AvgIpc) is 3.08. The number of hydrogen-bond acceptors (Lipinski definition) is 5. The summed E-state index contributed by atoms with van der Waals surface area (Å²) >= 11 is 3.58. The molecule has 0 amide bonds. The van der Waals surface area contributed by atoms with E-state index in [0.29, 0.717) is 32.1 Å². The van der Waals surface area contributed by atoms with E-state index in [0.717, 1.165) is 24.5 Å². The van der Waals surface area contributed by atoms with Crippen LogP contribution in [0, 0.1) is 0 Å². The smallest absolute Gasteiger partial charge is 0.215 e. The van der Waals surface area contributed by atoms with Crippen LogP contribution in [0.5, 0.6) is 0 Å². The fraction of sp³-hybridized carbons (Fsp3) is 0.688. The van der Waals surface area contributed by atoms with Crippen LogP contribution in [0.25, 0.3) is 0 Å². The van der Waals surface area contributed by atoms with Crippen LogP contribution in [-0.4, -0.2) is 62.1 Å². The van der Waals surface area contributed by atoms with E-state index in [1.807, 2.05) is 18.7 Å². The molecule has 1 aromatic heterocycles. The predicted octanol–water partition coefficient (Wildman–Crippen LogP) is 1.74. The molecule has 25 heavy (non-hydrogen) atoms. The van der Waals surface area contributed by atoms with Gasteiger partial charge in [0.1, 0.15) is 0 Å². The number of rotatable bonds is 8. The Labute approximate surface area is 159 Å². The Balaban J connectivity index is 1.84. The summed E-state index contributed by atoms with van der Waals surface area (Å²) in [4.78, 5) is 7.13. The minimum atomic E-state index is -3.18. The SMILES string of the molecule is CCNC(=NCc1ccc(CC)s1)NCCS(=O)(=O)N1CCSCC1. The normalized spacial score (nSPS) is 16.8. The minimum Gasteiger partial charge on any atom is -0.357 e. The van der Waals surface area contributed by atoms with Crippen LogP contribution in [0.3, 0.4) is 0 Å². The molecule has 2 N–H and O–H groups in total. The van der Waals surface area contributed by atoms with Crippen molar-refractivity contribution in [3.8, 4) is 0 Å². The minimum absolute atomic E-state index is 0.0983. The molecule has 0 saturated carbocycles. The zero-order valence-electron chi connectivity index (χ0n) is 15.0. The van der Waals surface area contributed by atoms with Gasteiger partial charge in [-0.15, -0.1) is 11.3 Å². The molecular weight excluding hydrogens is 376 g/mol. The van der Waals surface area contributed by atoms with Gasteiger partial charge in [0.05, 0.1) is 12.3 Å². The van der Waals surface area contributed by atoms with Crippen LogP contribution in [0.1, 0.15) is 23.6 Å². The van der Waals surface area contributed by atoms with Gasteiger partial charge in [-0.1, -0.05) is 6.92 Å². The Morgan fingerprint density at radius 2 is 1.92 bits per heavy atom. The van der Waals surface area contributed by atoms with Gasteiger partial charge < -0.3 is 10.6 Å². The molecular formula is C16H28N4O2S3. The Bertz CT molecular complexity index is 652. The Morgan fingerprint density at radius 3 is 2.56 bits per heavy atom. The van der Waals surface area contributed by atoms with Gasteiger partial charge in [0, 0.05) is 47.4 Å². The third-order valence-corrected chi connectivity index (χ3v) is 7.85. The molecule has 0 atom stereocenters. The van der Waals surface area contributed by atoms with E-state index in [1.54, 1.807) is 15.6 Å². The van der Waals surface area contributed by atoms with E-state index in [9.17, 15) is 8.42 Å². The summed E-state index contributed by atoms with van der Waals surface area (Å²) in [7, 11) is -3.18. The fourth-order valence-electron chi connectivity index (χ4n) is 2.45. The highest BCUT2D eigenvalue weighted by molar-refractivity contribution is 7.99. The molecule has 1 aliphatic rings. The number of nitrogens with one attached hydrogen (secondary N) is 2. The van der Waals surface area contributed by atoms with Crippen molar-refractivity contribution in [2.24, 2.45) is 4.99 Å². The highest BCUT2D eigenvalue weighted by atomic mass is 32.2. The van der Waals surface area contributed by atoms with Gasteiger partial charge in [-0.3, -0.25) is 0 Å². The lowest BCUT2D eigenvalue weighted by molar-refractivity contribution is 0.443. The number of nitrogens with zero attached hydrogens (tertiary/aromatic N) is 2. The number of hydrogen-bond donors (Lipinski definition) is 2. The third kappa shape index (κ3) is 6.80. The maximum atomic E-state index is 12.4. The zero-order valence-corrected chi connectivity index (χ0v) is 17.4. The second-order valence-corrected chi connectivity index (χ2v) is 10.2. The molecule has 0 unspecified atom stereocenters. The Kier molecular flexibility index (Phi) is 8.54. The van der Waals surface area contributed by atoms with Crippen LogP contribution >= 0.6 is 23.1 Å². The molecule has 0 radical (unpaired) electrons. The van der Waals surface area contributed by atoms with E-state index in [1.165, 1.54) is 9.75 Å². The van der Waals surface area contributed by atoms with E-state index < -0.39 is 10.0 Å². The van der Waals surface area contributed by atoms with E-state index >= 15 is 0 Å². The maximum absolute atomic E-state index is 12.4. The largest absolute Gasteiger partial charge is 0.357 e. The number of thioether (sulfide) groups is 1. The first kappa shape index (κ1) is 20.5. The lowest BCUT2D eigenvalue weighted by Gasteiger charge is -2.25. The van der Waals surface area contributed by atoms with Crippen molar-refractivity contribution < 1.29 is 8.42 Å². The van der Waals surface area contributed by atoms with Gasteiger partial charge in [-0.25, -0.2) is 17.7 Å². The first-order valence-corrected chi connectivity index (χ1v) is 12.3. The van der Waals surface area contributed by atoms with E-state index in [2.05, 4.69) is 34.7 Å². The summed E-state index contributed by atoms with van der Waals surface area (Å²) < 4.78 is 26.3. The lowest BCUT2D eigenvalue weighted by Crippen LogP contribution is -2.44. The molecule has 142 valence electrons. The molecule has 0 spiro atoms. The van der Waals surface area contributed by atoms with Crippen molar-refractivity contribution in [1.82, 2.24) is 14.9 Å². The van der Waals surface area contributed by atoms with Crippen molar-refractivity contribution in [3.63, 3.8) is 0 Å². The van der Waals surface area contributed by atoms with Crippen molar-refractivity contribution in [1.29, 1.82) is 0 Å². The summed E-state index contributed by atoms with van der Waals surface area (Å²) in [6, 6.07) is 4.24. The van der Waals surface area contributed by atoms with Crippen molar-refractivity contribution in [2.45, 2.75) is 26.8 Å². The van der Waals surface area contributed by atoms with Crippen molar-refractivity contribution in [2.75, 3.05) is 43.4 Å². The standard InChI is InChI=1S/C16H28N4O2S3/c1-3-14-5-6-15(24-14)13-19-16(17-4-2)18-7-12-25(21,22)20-8-10-23-11-9-20/h5-6H,3-4,7-13H2,1-2H3,(H2,17,18,19). The molecule has 1 aliphatic heterocycles. The third-order valence-electron chi connectivity index (χ3n) is 3.82. The highest BCUT2D eigenvalue weighted by Gasteiger charge is 2.23. The van der Waals surface area contributed by atoms with Crippen LogP contribution < -0.4 is 10.6 Å². The number of aryl methyl sites for hydroxylation is 1. The van der Waals surface area contributed by atoms with Crippen molar-refractivity contribution >= 4 is 39.1 Å². The van der Waals surface area contributed by atoms with Gasteiger partial charge in [0.2, 0.25) is 10.0 Å². The number of sulfonamides is 1. The summed E-state index contributed by atoms with van der Waals surface area (Å²) in [5.74, 6) is 2.54. The molecule has 2 rings (SSSR count). The van der Waals surface area contributed by atoms with E-state index in [4.69, 9.17) is 0 Å². The second-order valence-electron chi connectivity index (χ2n) is 5.67. The molecule has 1 saturated heterocycles. The van der Waals surface area contributed by atoms with Gasteiger partial charge in [0.25, 0.3) is 0 Å². The molecule has 6 nitrogen and oxygen atoms in total. The summed E-state index contributed by atoms with van der Waals surface area (Å²) in [5, 5.41) is 6.31. The van der Waals surface area contributed by atoms with Gasteiger partial charge >= 0.3 is 0 Å². The summed E-state index contributed by atoms with van der Waals surface area (Å²) in [5.41, 5.74) is 0. The molecule has 0 aromatic carbocycles. The lowest BCUT2D eigenvalue weighted by atomic mass is 10.4. The van der Waals surface area contributed by atoms with Gasteiger partial charge in [0.15, 0.2) is 5.96 Å². The Hall–Kier alpha value is -0.770. The van der Waals surface area contributed by atoms with Crippen LogP contribution in [0.4, 0.5) is 0 Å². The molecule has 2 heterocycles. The average molecular weight is 405 g/mol. The molecule has 1 fully saturated rings. The zero-order chi connectivity index (χ0) is 18.1. The van der Waals surface area contributed by atoms with Gasteiger partial charge in [-0.2, -0.15) is 11.8 Å². The van der Waals surface area contributed by atoms with Gasteiger partial charge in [-0.05, 0) is 25.5 Å². The summed E-state index contributed by atoms with van der Waals surface area (Å²) in [6.45, 7) is 7.11. The summed E-state index contributed by atoms with van der Waals surface area (Å²) in [6.07, 6.45) is 1.04. The molecule has 0 bridgehead atoms. The molecule has 9 heteroatoms. The highest BCUT2D eigenvalue weighted by Crippen LogP contribution is 2.17. The first-order chi connectivity index (χ1) is 12.0. The predicted molar refractivity (Wildman–Crippen MR) is 109 cm³/mol. The van der Waals surface area contributed by atoms with Crippen LogP contribution in [0.2, 0.25) is 0 Å². The first-order valence-electron chi connectivity index (χ1n) is 8.70. The fourth-order valence-corrected chi connectivity index (χ4v) is 5.82. The monoisotopic (exact) mass is 404 g/mol. The molecule has 0 aliphatic carbocycles. The maximum Gasteiger partial charge on any atom is 0.215 e. The van der Waals surface area contributed by atoms with Crippen LogP contribution in [0.15, 0.2) is 17.1 Å². The van der Waals surface area contributed by atoms with E-state index in [-0.39, 0.29) is 5.75 Å². The number of guanidine groups is 1. The van der Waals surface area contributed by atoms with Crippen LogP contribution in [-0.2, 0) is 23.0 Å². The second kappa shape index (κ2) is 10.4. The molecule has 1 aromatic rings. The Morgan fingerprint density at radius 1 is 1.20 bits per heavy atom. The quantitative estimate of drug-likeness (QED) is 0.510. The number of aliphatic imine (C=N–C) groups is 1. The topological polar surface area (TPSA) is 73.8 Å². The number of thiophene rings is 1. The van der Waals surface area contributed by atoms with Crippen molar-refractivity contribution in [3.05, 3.63) is 21.9 Å².